The van der Waals surface area contributed by atoms with Crippen LogP contribution in [0.5, 0.6) is 0 Å². The van der Waals surface area contributed by atoms with Crippen molar-refractivity contribution < 1.29 is 0 Å². The van der Waals surface area contributed by atoms with E-state index in [0.717, 1.165) is 11.8 Å². The van der Waals surface area contributed by atoms with Gasteiger partial charge < -0.3 is 4.98 Å². The maximum atomic E-state index is 3.12. The van der Waals surface area contributed by atoms with Crippen LogP contribution in [-0.4, -0.2) is 4.98 Å². The van der Waals surface area contributed by atoms with Crippen molar-refractivity contribution >= 4 is 10.9 Å². The predicted molar refractivity (Wildman–Crippen MR) is 82.2 cm³/mol. The van der Waals surface area contributed by atoms with Gasteiger partial charge in [-0.25, -0.2) is 0 Å². The standard InChI is InChI=1S/C10H18.C8H7N/c1-2-6-10-8-4-3-7-9(10)5-1;1-2-4-8-7(3-1)5-6-9-8/h9-10H,1-8H2;1-6,9H. The van der Waals surface area contributed by atoms with Crippen LogP contribution in [0.15, 0.2) is 36.5 Å². The fraction of sp³-hybridized carbons (Fsp3) is 0.556. The van der Waals surface area contributed by atoms with E-state index in [-0.39, 0.29) is 0 Å². The molecule has 0 aliphatic heterocycles. The van der Waals surface area contributed by atoms with Crippen molar-refractivity contribution in [2.75, 3.05) is 0 Å². The number of para-hydroxylation sites is 1. The van der Waals surface area contributed by atoms with Gasteiger partial charge in [-0.15, -0.1) is 0 Å². The van der Waals surface area contributed by atoms with Gasteiger partial charge in [0, 0.05) is 11.7 Å². The summed E-state index contributed by atoms with van der Waals surface area (Å²) >= 11 is 0. The second-order valence-corrected chi connectivity index (χ2v) is 6.15. The Hall–Kier alpha value is -1.24. The number of H-pyrrole nitrogens is 1. The molecule has 2 aliphatic rings. The molecule has 2 saturated carbocycles. The van der Waals surface area contributed by atoms with Crippen LogP contribution < -0.4 is 0 Å². The van der Waals surface area contributed by atoms with Gasteiger partial charge in [-0.2, -0.15) is 0 Å². The SMILES string of the molecule is C1CCC2CCCCC2C1.c1ccc2[nH]ccc2c1. The smallest absolute Gasteiger partial charge is 0.0453 e. The van der Waals surface area contributed by atoms with E-state index in [4.69, 9.17) is 0 Å². The number of fused-ring (bicyclic) bond motifs is 2. The fourth-order valence-corrected chi connectivity index (χ4v) is 3.85. The average molecular weight is 255 g/mol. The Bertz CT molecular complexity index is 443. The van der Waals surface area contributed by atoms with E-state index in [1.807, 2.05) is 18.3 Å². The van der Waals surface area contributed by atoms with Gasteiger partial charge in [-0.05, 0) is 29.4 Å². The quantitative estimate of drug-likeness (QED) is 0.636. The Morgan fingerprint density at radius 1 is 0.737 bits per heavy atom. The van der Waals surface area contributed by atoms with E-state index >= 15 is 0 Å². The Morgan fingerprint density at radius 2 is 1.32 bits per heavy atom. The summed E-state index contributed by atoms with van der Waals surface area (Å²) in [6, 6.07) is 10.3. The van der Waals surface area contributed by atoms with Crippen LogP contribution >= 0.6 is 0 Å². The van der Waals surface area contributed by atoms with Crippen molar-refractivity contribution in [3.8, 4) is 0 Å². The molecule has 0 saturated heterocycles. The van der Waals surface area contributed by atoms with Gasteiger partial charge in [-0.1, -0.05) is 69.6 Å². The molecule has 1 heteroatoms. The lowest BCUT2D eigenvalue weighted by Crippen LogP contribution is -2.22. The highest BCUT2D eigenvalue weighted by Gasteiger charge is 2.26. The largest absolute Gasteiger partial charge is 0.361 e. The Kier molecular flexibility index (Phi) is 4.22. The number of hydrogen-bond donors (Lipinski definition) is 1. The first-order valence-corrected chi connectivity index (χ1v) is 7.95. The Labute approximate surface area is 116 Å². The minimum atomic E-state index is 1.16. The number of rotatable bonds is 0. The van der Waals surface area contributed by atoms with Crippen LogP contribution in [0.2, 0.25) is 0 Å². The van der Waals surface area contributed by atoms with E-state index < -0.39 is 0 Å². The maximum Gasteiger partial charge on any atom is 0.0453 e. The van der Waals surface area contributed by atoms with Crippen LogP contribution in [-0.2, 0) is 0 Å². The number of aromatic nitrogens is 1. The molecule has 0 unspecified atom stereocenters. The molecule has 102 valence electrons. The van der Waals surface area contributed by atoms with Crippen LogP contribution in [0.1, 0.15) is 51.4 Å². The van der Waals surface area contributed by atoms with Crippen molar-refractivity contribution in [2.24, 2.45) is 11.8 Å². The molecular formula is C18H25N. The highest BCUT2D eigenvalue weighted by molar-refractivity contribution is 5.78. The number of hydrogen-bond acceptors (Lipinski definition) is 0. The molecule has 1 heterocycles. The predicted octanol–water partition coefficient (Wildman–Crippen LogP) is 5.53. The molecule has 2 aliphatic carbocycles. The summed E-state index contributed by atoms with van der Waals surface area (Å²) in [4.78, 5) is 3.12. The second kappa shape index (κ2) is 6.27. The summed E-state index contributed by atoms with van der Waals surface area (Å²) in [7, 11) is 0. The lowest BCUT2D eigenvalue weighted by atomic mass is 9.71. The maximum absolute atomic E-state index is 3.12. The number of nitrogens with one attached hydrogen (secondary N) is 1. The monoisotopic (exact) mass is 255 g/mol. The summed E-state index contributed by atoms with van der Waals surface area (Å²) < 4.78 is 0. The van der Waals surface area contributed by atoms with Crippen molar-refractivity contribution in [3.63, 3.8) is 0 Å². The topological polar surface area (TPSA) is 15.8 Å². The van der Waals surface area contributed by atoms with Crippen molar-refractivity contribution in [1.82, 2.24) is 4.98 Å². The third-order valence-corrected chi connectivity index (χ3v) is 4.93. The Morgan fingerprint density at radius 3 is 1.89 bits per heavy atom. The highest BCUT2D eigenvalue weighted by atomic mass is 14.7. The van der Waals surface area contributed by atoms with Gasteiger partial charge in [0.05, 0.1) is 0 Å². The molecular weight excluding hydrogens is 230 g/mol. The lowest BCUT2D eigenvalue weighted by molar-refractivity contribution is 0.171. The molecule has 0 bridgehead atoms. The van der Waals surface area contributed by atoms with Crippen molar-refractivity contribution in [2.45, 2.75) is 51.4 Å². The third kappa shape index (κ3) is 3.20. The summed E-state index contributed by atoms with van der Waals surface area (Å²) in [6.07, 6.45) is 14.3. The fourth-order valence-electron chi connectivity index (χ4n) is 3.85. The van der Waals surface area contributed by atoms with E-state index in [0.29, 0.717) is 0 Å². The lowest BCUT2D eigenvalue weighted by Gasteiger charge is -2.35. The average Bonchev–Trinajstić information content (AvgIpc) is 2.96. The van der Waals surface area contributed by atoms with Crippen LogP contribution in [0.25, 0.3) is 10.9 Å². The molecule has 0 radical (unpaired) electrons. The number of benzene rings is 1. The third-order valence-electron chi connectivity index (χ3n) is 4.93. The van der Waals surface area contributed by atoms with E-state index in [9.17, 15) is 0 Å². The summed E-state index contributed by atoms with van der Waals surface area (Å²) in [5, 5.41) is 1.28. The van der Waals surface area contributed by atoms with Gasteiger partial charge in [0.15, 0.2) is 0 Å². The summed E-state index contributed by atoms with van der Waals surface area (Å²) in [5.41, 5.74) is 1.21. The van der Waals surface area contributed by atoms with Gasteiger partial charge in [0.25, 0.3) is 0 Å². The highest BCUT2D eigenvalue weighted by Crippen LogP contribution is 2.39. The molecule has 1 aromatic carbocycles. The van der Waals surface area contributed by atoms with Gasteiger partial charge >= 0.3 is 0 Å². The molecule has 19 heavy (non-hydrogen) atoms. The van der Waals surface area contributed by atoms with Crippen LogP contribution in [0.3, 0.4) is 0 Å². The van der Waals surface area contributed by atoms with E-state index in [1.165, 1.54) is 36.6 Å². The van der Waals surface area contributed by atoms with Gasteiger partial charge in [0.1, 0.15) is 0 Å². The van der Waals surface area contributed by atoms with E-state index in [1.54, 1.807) is 25.7 Å². The first kappa shape index (κ1) is 12.8. The normalized spacial score (nSPS) is 26.3. The zero-order valence-corrected chi connectivity index (χ0v) is 11.8. The minimum Gasteiger partial charge on any atom is -0.361 e. The van der Waals surface area contributed by atoms with Crippen molar-refractivity contribution in [1.29, 1.82) is 0 Å². The summed E-state index contributed by atoms with van der Waals surface area (Å²) in [6.45, 7) is 0. The molecule has 0 amide bonds. The molecule has 0 atom stereocenters. The van der Waals surface area contributed by atoms with Crippen molar-refractivity contribution in [3.05, 3.63) is 36.5 Å². The first-order chi connectivity index (χ1) is 9.43. The zero-order chi connectivity index (χ0) is 12.9. The second-order valence-electron chi connectivity index (χ2n) is 6.15. The number of aromatic amines is 1. The molecule has 1 nitrogen and oxygen atoms in total. The summed E-state index contributed by atoms with van der Waals surface area (Å²) in [5.74, 6) is 2.31. The van der Waals surface area contributed by atoms with Crippen LogP contribution in [0, 0.1) is 11.8 Å². The minimum absolute atomic E-state index is 1.16. The van der Waals surface area contributed by atoms with E-state index in [2.05, 4.69) is 23.2 Å². The molecule has 1 N–H and O–H groups in total. The Balaban J connectivity index is 0.000000117. The zero-order valence-electron chi connectivity index (χ0n) is 11.8. The van der Waals surface area contributed by atoms with Crippen LogP contribution in [0.4, 0.5) is 0 Å². The first-order valence-electron chi connectivity index (χ1n) is 7.95. The molecule has 2 fully saturated rings. The van der Waals surface area contributed by atoms with Gasteiger partial charge in [-0.3, -0.25) is 0 Å². The molecule has 0 spiro atoms. The molecule has 2 aromatic rings. The molecule has 4 rings (SSSR count). The van der Waals surface area contributed by atoms with Gasteiger partial charge in [0.2, 0.25) is 0 Å². The molecule has 1 aromatic heterocycles.